The summed E-state index contributed by atoms with van der Waals surface area (Å²) in [5, 5.41) is 0.773. The van der Waals surface area contributed by atoms with E-state index in [4.69, 9.17) is 17.3 Å². The Balaban J connectivity index is 2.54. The van der Waals surface area contributed by atoms with Crippen LogP contribution in [-0.4, -0.2) is 20.6 Å². The van der Waals surface area contributed by atoms with Crippen LogP contribution < -0.4 is 10.6 Å². The van der Waals surface area contributed by atoms with Gasteiger partial charge in [-0.3, -0.25) is 0 Å². The largest absolute Gasteiger partial charge is 0.377 e. The van der Waals surface area contributed by atoms with Gasteiger partial charge in [0, 0.05) is 35.9 Å². The molecule has 0 radical (unpaired) electrons. The first-order valence-corrected chi connectivity index (χ1v) is 6.76. The number of benzene rings is 2. The summed E-state index contributed by atoms with van der Waals surface area (Å²) in [7, 11) is 4.08. The molecule has 0 bridgehead atoms. The Hall–Kier alpha value is -1.51. The van der Waals surface area contributed by atoms with Crippen LogP contribution in [0.4, 0.5) is 5.69 Å². The fraction of sp³-hybridized carbons (Fsp3) is 0.250. The second-order valence-electron chi connectivity index (χ2n) is 4.76. The number of para-hydroxylation sites is 1. The van der Waals surface area contributed by atoms with Gasteiger partial charge in [0.05, 0.1) is 0 Å². The molecule has 0 amide bonds. The maximum atomic E-state index is 6.36. The number of anilines is 1. The molecule has 0 aliphatic heterocycles. The molecule has 0 spiro atoms. The lowest BCUT2D eigenvalue weighted by Crippen LogP contribution is -2.10. The second-order valence-corrected chi connectivity index (χ2v) is 5.17. The van der Waals surface area contributed by atoms with Crippen molar-refractivity contribution < 1.29 is 0 Å². The van der Waals surface area contributed by atoms with Gasteiger partial charge in [-0.25, -0.2) is 0 Å². The Kier molecular flexibility index (Phi) is 4.46. The summed E-state index contributed by atoms with van der Waals surface area (Å²) in [6.45, 7) is 0.649. The third-order valence-electron chi connectivity index (χ3n) is 3.14. The molecule has 0 heterocycles. The first-order valence-electron chi connectivity index (χ1n) is 6.38. The summed E-state index contributed by atoms with van der Waals surface area (Å²) < 4.78 is 0. The number of halogens is 1. The molecule has 0 fully saturated rings. The lowest BCUT2D eigenvalue weighted by molar-refractivity contribution is 0.969. The van der Waals surface area contributed by atoms with Crippen LogP contribution in [0.25, 0.3) is 11.1 Å². The Morgan fingerprint density at radius 1 is 1.05 bits per heavy atom. The average molecular weight is 275 g/mol. The van der Waals surface area contributed by atoms with Crippen LogP contribution in [0.1, 0.15) is 5.56 Å². The Morgan fingerprint density at radius 3 is 2.47 bits per heavy atom. The van der Waals surface area contributed by atoms with Gasteiger partial charge < -0.3 is 10.6 Å². The third-order valence-corrected chi connectivity index (χ3v) is 3.47. The minimum Gasteiger partial charge on any atom is -0.377 e. The summed E-state index contributed by atoms with van der Waals surface area (Å²) in [6.07, 6.45) is 0.869. The molecule has 0 atom stereocenters. The van der Waals surface area contributed by atoms with E-state index >= 15 is 0 Å². The molecule has 0 aliphatic rings. The number of nitrogens with two attached hydrogens (primary N) is 1. The van der Waals surface area contributed by atoms with E-state index in [0.717, 1.165) is 28.3 Å². The molecular weight excluding hydrogens is 256 g/mol. The van der Waals surface area contributed by atoms with E-state index in [1.807, 2.05) is 38.4 Å². The summed E-state index contributed by atoms with van der Waals surface area (Å²) >= 11 is 6.36. The third kappa shape index (κ3) is 3.09. The van der Waals surface area contributed by atoms with E-state index in [-0.39, 0.29) is 0 Å². The Bertz CT molecular complexity index is 564. The van der Waals surface area contributed by atoms with E-state index < -0.39 is 0 Å². The first kappa shape index (κ1) is 13.9. The molecule has 2 aromatic rings. The van der Waals surface area contributed by atoms with Crippen molar-refractivity contribution in [2.75, 3.05) is 25.5 Å². The lowest BCUT2D eigenvalue weighted by atomic mass is 9.99. The van der Waals surface area contributed by atoms with Gasteiger partial charge in [-0.2, -0.15) is 0 Å². The maximum absolute atomic E-state index is 6.36. The molecule has 3 heteroatoms. The topological polar surface area (TPSA) is 29.3 Å². The zero-order chi connectivity index (χ0) is 13.8. The summed E-state index contributed by atoms with van der Waals surface area (Å²) in [5.74, 6) is 0. The van der Waals surface area contributed by atoms with Gasteiger partial charge in [0.15, 0.2) is 0 Å². The summed E-state index contributed by atoms with van der Waals surface area (Å²) in [4.78, 5) is 2.10. The summed E-state index contributed by atoms with van der Waals surface area (Å²) in [6, 6.07) is 14.4. The van der Waals surface area contributed by atoms with Crippen LogP contribution in [0, 0.1) is 0 Å². The van der Waals surface area contributed by atoms with E-state index in [0.29, 0.717) is 6.54 Å². The van der Waals surface area contributed by atoms with Gasteiger partial charge in [0.25, 0.3) is 0 Å². The fourth-order valence-corrected chi connectivity index (χ4v) is 2.41. The SMILES string of the molecule is CN(C)c1ccccc1-c1cc(CCN)ccc1Cl. The van der Waals surface area contributed by atoms with Gasteiger partial charge in [-0.15, -0.1) is 0 Å². The standard InChI is InChI=1S/C16H19ClN2/c1-19(2)16-6-4-3-5-13(16)14-11-12(9-10-18)7-8-15(14)17/h3-8,11H,9-10,18H2,1-2H3. The van der Waals surface area contributed by atoms with E-state index in [9.17, 15) is 0 Å². The van der Waals surface area contributed by atoms with Gasteiger partial charge in [-0.1, -0.05) is 35.9 Å². The van der Waals surface area contributed by atoms with Crippen LogP contribution in [0.5, 0.6) is 0 Å². The normalized spacial score (nSPS) is 10.5. The van der Waals surface area contributed by atoms with Crippen molar-refractivity contribution in [1.82, 2.24) is 0 Å². The van der Waals surface area contributed by atoms with Gasteiger partial charge >= 0.3 is 0 Å². The van der Waals surface area contributed by atoms with Crippen molar-refractivity contribution in [3.63, 3.8) is 0 Å². The quantitative estimate of drug-likeness (QED) is 0.923. The lowest BCUT2D eigenvalue weighted by Gasteiger charge is -2.18. The Labute approximate surface area is 119 Å². The minimum atomic E-state index is 0.649. The smallest absolute Gasteiger partial charge is 0.0485 e. The van der Waals surface area contributed by atoms with Crippen LogP contribution in [-0.2, 0) is 6.42 Å². The molecular formula is C16H19ClN2. The van der Waals surface area contributed by atoms with E-state index in [1.165, 1.54) is 5.56 Å². The first-order chi connectivity index (χ1) is 9.13. The molecule has 2 N–H and O–H groups in total. The van der Waals surface area contributed by atoms with Gasteiger partial charge in [0.2, 0.25) is 0 Å². The molecule has 2 aromatic carbocycles. The highest BCUT2D eigenvalue weighted by Gasteiger charge is 2.10. The molecule has 100 valence electrons. The fourth-order valence-electron chi connectivity index (χ4n) is 2.19. The van der Waals surface area contributed by atoms with Crippen molar-refractivity contribution in [3.05, 3.63) is 53.1 Å². The number of nitrogens with zero attached hydrogens (tertiary/aromatic N) is 1. The highest BCUT2D eigenvalue weighted by Crippen LogP contribution is 2.35. The predicted octanol–water partition coefficient (Wildman–Crippen LogP) is 3.57. The molecule has 0 saturated carbocycles. The number of rotatable bonds is 4. The summed E-state index contributed by atoms with van der Waals surface area (Å²) in [5.41, 5.74) is 10.2. The molecule has 0 unspecified atom stereocenters. The number of hydrogen-bond acceptors (Lipinski definition) is 2. The van der Waals surface area contributed by atoms with Crippen LogP contribution >= 0.6 is 11.6 Å². The molecule has 19 heavy (non-hydrogen) atoms. The molecule has 0 aliphatic carbocycles. The predicted molar refractivity (Wildman–Crippen MR) is 84.0 cm³/mol. The van der Waals surface area contributed by atoms with Crippen LogP contribution in [0.15, 0.2) is 42.5 Å². The number of hydrogen-bond donors (Lipinski definition) is 1. The second kappa shape index (κ2) is 6.09. The molecule has 2 rings (SSSR count). The zero-order valence-electron chi connectivity index (χ0n) is 11.4. The van der Waals surface area contributed by atoms with E-state index in [1.54, 1.807) is 0 Å². The monoisotopic (exact) mass is 274 g/mol. The highest BCUT2D eigenvalue weighted by molar-refractivity contribution is 6.33. The van der Waals surface area contributed by atoms with Crippen molar-refractivity contribution in [1.29, 1.82) is 0 Å². The van der Waals surface area contributed by atoms with Gasteiger partial charge in [-0.05, 0) is 36.7 Å². The molecule has 0 aromatic heterocycles. The molecule has 2 nitrogen and oxygen atoms in total. The zero-order valence-corrected chi connectivity index (χ0v) is 12.1. The Morgan fingerprint density at radius 2 is 1.79 bits per heavy atom. The van der Waals surface area contributed by atoms with E-state index in [2.05, 4.69) is 23.1 Å². The van der Waals surface area contributed by atoms with Crippen molar-refractivity contribution >= 4 is 17.3 Å². The maximum Gasteiger partial charge on any atom is 0.0485 e. The highest BCUT2D eigenvalue weighted by atomic mass is 35.5. The van der Waals surface area contributed by atoms with Crippen molar-refractivity contribution in [2.24, 2.45) is 5.73 Å². The van der Waals surface area contributed by atoms with Crippen LogP contribution in [0.2, 0.25) is 5.02 Å². The van der Waals surface area contributed by atoms with Crippen molar-refractivity contribution in [3.8, 4) is 11.1 Å². The average Bonchev–Trinajstić information content (AvgIpc) is 2.41. The van der Waals surface area contributed by atoms with Crippen LogP contribution in [0.3, 0.4) is 0 Å². The molecule has 0 saturated heterocycles. The van der Waals surface area contributed by atoms with Gasteiger partial charge in [0.1, 0.15) is 0 Å². The van der Waals surface area contributed by atoms with Crippen molar-refractivity contribution in [2.45, 2.75) is 6.42 Å². The minimum absolute atomic E-state index is 0.649.